The van der Waals surface area contributed by atoms with Crippen LogP contribution < -0.4 is 52.3 Å². The summed E-state index contributed by atoms with van der Waals surface area (Å²) in [5, 5.41) is 29.8. The van der Waals surface area contributed by atoms with E-state index in [1.807, 2.05) is 151 Å². The molecule has 37 heteroatoms. The zero-order valence-corrected chi connectivity index (χ0v) is 80.5. The Labute approximate surface area is 824 Å². The SMILES string of the molecule is CC(C)N1CCN(c2ccc3c(ncc4c(=O)n(-c5ccccc5)[nH]c43)c2F)CC1.CC(C)N1CCN(c2ccc3c(ncc4c(=O)n(-c5ccccn5)[nH]c43)c2F)CC1.CN1CCN(c2c(F)cc3c(ncc4c(=O)n(-c5ccccc5)[nH]c43)c2F)CC1.CN1CCN(c2ccc3c(ncc4c(=O)n(-c5ccccc5)[nH]c43)c2F)CC1.O=c1c2cnc3cc(N4CCC(O)CC4)c(F)cc3c2[nH]n1-c1ccccc1. The molecule has 0 saturated carbocycles. The third kappa shape index (κ3) is 18.2. The number of piperazine rings is 4. The molecule has 11 aromatic heterocycles. The number of para-hydroxylation sites is 4. The Hall–Kier alpha value is -16.1. The number of halogens is 6. The predicted molar refractivity (Wildman–Crippen MR) is 558 cm³/mol. The molecule has 9 aromatic carbocycles. The average molecular weight is 1960 g/mol. The molecule has 25 rings (SSSR count). The normalized spacial score (nSPS) is 15.5. The Kier molecular flexibility index (Phi) is 26.2. The molecule has 5 fully saturated rings. The summed E-state index contributed by atoms with van der Waals surface area (Å²) < 4.78 is 98.5. The summed E-state index contributed by atoms with van der Waals surface area (Å²) in [6.45, 7) is 22.6. The Morgan fingerprint density at radius 3 is 0.972 bits per heavy atom. The lowest BCUT2D eigenvalue weighted by Gasteiger charge is -2.38. The lowest BCUT2D eigenvalue weighted by atomic mass is 10.1. The summed E-state index contributed by atoms with van der Waals surface area (Å²) in [4.78, 5) is 109. The van der Waals surface area contributed by atoms with Gasteiger partial charge >= 0.3 is 0 Å². The van der Waals surface area contributed by atoms with E-state index in [1.165, 1.54) is 66.5 Å². The highest BCUT2D eigenvalue weighted by atomic mass is 19.2. The maximum Gasteiger partial charge on any atom is 0.282 e. The van der Waals surface area contributed by atoms with Gasteiger partial charge in [0.1, 0.15) is 39.4 Å². The molecule has 31 nitrogen and oxygen atoms in total. The first kappa shape index (κ1) is 95.1. The number of aliphatic hydroxyl groups excluding tert-OH is 1. The molecule has 0 unspecified atom stereocenters. The molecule has 0 bridgehead atoms. The van der Waals surface area contributed by atoms with Crippen molar-refractivity contribution in [2.75, 3.05) is 156 Å². The van der Waals surface area contributed by atoms with Crippen LogP contribution in [0.4, 0.5) is 54.8 Å². The summed E-state index contributed by atoms with van der Waals surface area (Å²) in [6, 6.07) is 58.6. The van der Waals surface area contributed by atoms with Gasteiger partial charge in [-0.05, 0) is 170 Å². The Bertz CT molecular complexity index is 8260. The molecule has 6 N–H and O–H groups in total. The number of likely N-dealkylation sites (N-methyl/N-ethyl adjacent to an activating group) is 2. The third-order valence-corrected chi connectivity index (χ3v) is 28.3. The van der Waals surface area contributed by atoms with Crippen LogP contribution in [0.1, 0.15) is 40.5 Å². The maximum atomic E-state index is 15.5. The van der Waals surface area contributed by atoms with E-state index in [0.29, 0.717) is 167 Å². The fourth-order valence-corrected chi connectivity index (χ4v) is 20.0. The van der Waals surface area contributed by atoms with Crippen LogP contribution in [0.5, 0.6) is 0 Å². The Morgan fingerprint density at radius 1 is 0.297 bits per heavy atom. The Morgan fingerprint density at radius 2 is 0.607 bits per heavy atom. The second-order valence-corrected chi connectivity index (χ2v) is 37.7. The highest BCUT2D eigenvalue weighted by Crippen LogP contribution is 2.39. The zero-order valence-electron chi connectivity index (χ0n) is 80.5. The van der Waals surface area contributed by atoms with E-state index >= 15 is 17.6 Å². The van der Waals surface area contributed by atoms with Gasteiger partial charge in [-0.25, -0.2) is 54.7 Å². The van der Waals surface area contributed by atoms with Crippen LogP contribution in [0.25, 0.3) is 138 Å². The summed E-state index contributed by atoms with van der Waals surface area (Å²) in [5.41, 5.74) is 7.95. The number of rotatable bonds is 12. The molecule has 0 aliphatic carbocycles. The van der Waals surface area contributed by atoms with Crippen molar-refractivity contribution in [1.29, 1.82) is 0 Å². The second-order valence-electron chi connectivity index (χ2n) is 37.7. The minimum absolute atomic E-state index is 0.0503. The van der Waals surface area contributed by atoms with Crippen LogP contribution >= 0.6 is 0 Å². The van der Waals surface area contributed by atoms with Gasteiger partial charge in [0.15, 0.2) is 29.1 Å². The van der Waals surface area contributed by atoms with Gasteiger partial charge in [0.25, 0.3) is 27.8 Å². The van der Waals surface area contributed by atoms with Crippen LogP contribution in [0.15, 0.2) is 255 Å². The summed E-state index contributed by atoms with van der Waals surface area (Å²) in [6.07, 6.45) is 9.82. The number of H-pyrrole nitrogens is 5. The molecule has 5 aliphatic heterocycles. The molecule has 20 aromatic rings. The quantitative estimate of drug-likeness (QED) is 0.0619. The second kappa shape index (κ2) is 40.0. The lowest BCUT2D eigenvalue weighted by Crippen LogP contribution is -2.49. The number of fused-ring (bicyclic) bond motifs is 15. The standard InChI is InChI=1S/C23H24FN5O.C22H23FN6O.C21H19F2N5O.C21H20FN5O.C21H19FN4O2/c1-15(2)27-10-12-28(13-11-27)19-9-8-17-21-18(14-25-22(17)20(19)24)23(30)29(26-21)16-6-4-3-5-7-16;1-14(2)27-9-11-28(12-10-27)17-7-6-15-20-16(13-25-21(15)19(17)23)22(30)29(26-20)18-5-3-4-8-24-18;1-26-7-9-27(10-8-26)20-16(22)11-14-18-15(12-24-19(14)17(20)23)21(29)28(25-18)13-5-3-2-4-6-13;1-25-9-11-26(12-10-25)17-8-7-15-19-16(13-23-20(15)18(17)22)21(28)27(24-19)14-5-3-2-4-6-14;22-17-10-15-18(11-19(17)25-8-6-14(27)7-9-25)23-12-16-20(15)24-26(21(16)28)13-4-2-1-3-5-13/h3-9,14-15,26H,10-13H2,1-2H3;3-8,13-14,26H,9-12H2,1-2H3;2-6,11-12,25H,7-10H2,1H3;2-8,13,24H,9-12H2,1H3;1-5,10-12,14,24,27H,6-9H2. The maximum absolute atomic E-state index is 15.5. The number of aliphatic hydroxyl groups is 1. The van der Waals surface area contributed by atoms with Gasteiger partial charge in [-0.2, -0.15) is 0 Å². The zero-order chi connectivity index (χ0) is 100. The van der Waals surface area contributed by atoms with E-state index < -0.39 is 11.6 Å². The van der Waals surface area contributed by atoms with Gasteiger partial charge in [-0.1, -0.05) is 78.9 Å². The van der Waals surface area contributed by atoms with E-state index in [0.717, 1.165) is 103 Å². The van der Waals surface area contributed by atoms with E-state index in [1.54, 1.807) is 53.6 Å². The minimum Gasteiger partial charge on any atom is -0.393 e. The molecule has 0 atom stereocenters. The summed E-state index contributed by atoms with van der Waals surface area (Å²) in [7, 11) is 4.05. The summed E-state index contributed by atoms with van der Waals surface area (Å²) >= 11 is 0. The lowest BCUT2D eigenvalue weighted by molar-refractivity contribution is 0.145. The van der Waals surface area contributed by atoms with Crippen LogP contribution in [0.3, 0.4) is 0 Å². The molecule has 5 saturated heterocycles. The van der Waals surface area contributed by atoms with Crippen LogP contribution in [-0.4, -0.2) is 254 Å². The van der Waals surface area contributed by atoms with Crippen LogP contribution in [0.2, 0.25) is 0 Å². The number of anilines is 5. The summed E-state index contributed by atoms with van der Waals surface area (Å²) in [5.74, 6) is -2.24. The van der Waals surface area contributed by atoms with E-state index in [-0.39, 0.29) is 95.7 Å². The van der Waals surface area contributed by atoms with Gasteiger partial charge in [0.05, 0.1) is 112 Å². The van der Waals surface area contributed by atoms with Crippen molar-refractivity contribution in [3.8, 4) is 28.6 Å². The minimum atomic E-state index is -0.695. The smallest absolute Gasteiger partial charge is 0.282 e. The fourth-order valence-electron chi connectivity index (χ4n) is 20.0. The van der Waals surface area contributed by atoms with Crippen LogP contribution in [-0.2, 0) is 0 Å². The Balaban J connectivity index is 0.000000107. The van der Waals surface area contributed by atoms with E-state index in [2.05, 4.69) is 124 Å². The molecule has 740 valence electrons. The van der Waals surface area contributed by atoms with E-state index in [4.69, 9.17) is 0 Å². The highest BCUT2D eigenvalue weighted by molar-refractivity contribution is 6.08. The van der Waals surface area contributed by atoms with E-state index in [9.17, 15) is 37.9 Å². The highest BCUT2D eigenvalue weighted by Gasteiger charge is 2.32. The van der Waals surface area contributed by atoms with Crippen molar-refractivity contribution in [3.05, 3.63) is 318 Å². The third-order valence-electron chi connectivity index (χ3n) is 28.3. The predicted octanol–water partition coefficient (Wildman–Crippen LogP) is 15.1. The fraction of sp³-hybridized carbons (Fsp3) is 0.269. The number of benzene rings is 9. The van der Waals surface area contributed by atoms with Crippen molar-refractivity contribution < 1.29 is 31.4 Å². The largest absolute Gasteiger partial charge is 0.393 e. The first-order valence-corrected chi connectivity index (χ1v) is 48.6. The van der Waals surface area contributed by atoms with Crippen molar-refractivity contribution in [2.24, 2.45) is 0 Å². The molecule has 0 amide bonds. The number of pyridine rings is 6. The number of aromatic nitrogens is 16. The van der Waals surface area contributed by atoms with Crippen molar-refractivity contribution >= 4 is 137 Å². The molecule has 0 radical (unpaired) electrons. The number of hydrogen-bond donors (Lipinski definition) is 6. The van der Waals surface area contributed by atoms with Crippen LogP contribution in [0, 0.1) is 34.9 Å². The molecular formula is C108H105F6N25O6. The molecule has 16 heterocycles. The number of piperidine rings is 1. The number of nitrogens with zero attached hydrogens (tertiary/aromatic N) is 20. The number of hydrogen-bond acceptors (Lipinski definition) is 21. The number of nitrogens with one attached hydrogen (secondary N) is 5. The molecule has 145 heavy (non-hydrogen) atoms. The van der Waals surface area contributed by atoms with Gasteiger partial charge in [0, 0.05) is 194 Å². The number of aromatic amines is 5. The van der Waals surface area contributed by atoms with Gasteiger partial charge in [-0.15, -0.1) is 0 Å². The topological polar surface area (TPSA) is 316 Å². The van der Waals surface area contributed by atoms with Crippen molar-refractivity contribution in [3.63, 3.8) is 0 Å². The first-order valence-electron chi connectivity index (χ1n) is 48.6. The van der Waals surface area contributed by atoms with Gasteiger partial charge in [-0.3, -0.25) is 84.2 Å². The van der Waals surface area contributed by atoms with Crippen molar-refractivity contribution in [2.45, 2.75) is 58.7 Å². The monoisotopic (exact) mass is 1960 g/mol. The van der Waals surface area contributed by atoms with Gasteiger partial charge in [0.2, 0.25) is 0 Å². The molecular weight excluding hydrogens is 1860 g/mol. The average Bonchev–Trinajstić information content (AvgIpc) is 1.59. The molecule has 0 spiro atoms. The van der Waals surface area contributed by atoms with Gasteiger partial charge < -0.3 is 39.4 Å². The first-order chi connectivity index (χ1) is 70.4. The molecule has 5 aliphatic rings. The van der Waals surface area contributed by atoms with Crippen molar-refractivity contribution in [1.82, 2.24) is 98.4 Å².